The molecular formula is C10H13N3O2. The summed E-state index contributed by atoms with van der Waals surface area (Å²) in [6.45, 7) is 3.53. The van der Waals surface area contributed by atoms with Crippen LogP contribution in [0.1, 0.15) is 22.5 Å². The van der Waals surface area contributed by atoms with Crippen molar-refractivity contribution in [3.8, 4) is 0 Å². The number of amides is 1. The van der Waals surface area contributed by atoms with Crippen LogP contribution in [0.15, 0.2) is 10.7 Å². The molecule has 2 atom stereocenters. The van der Waals surface area contributed by atoms with E-state index in [-0.39, 0.29) is 5.91 Å². The average molecular weight is 207 g/mol. The van der Waals surface area contributed by atoms with E-state index in [0.29, 0.717) is 23.4 Å². The molecule has 0 radical (unpaired) electrons. The van der Waals surface area contributed by atoms with Crippen molar-refractivity contribution in [2.75, 3.05) is 13.1 Å². The molecule has 2 fully saturated rings. The lowest BCUT2D eigenvalue weighted by Gasteiger charge is -2.37. The number of likely N-dealkylation sites (tertiary alicyclic amines) is 1. The second-order valence-corrected chi connectivity index (χ2v) is 4.16. The largest absolute Gasteiger partial charge is 0.361 e. The SMILES string of the molecule is Cc1oncc1C(=O)N1CCC2NCC21. The second-order valence-electron chi connectivity index (χ2n) is 4.16. The van der Waals surface area contributed by atoms with Gasteiger partial charge >= 0.3 is 0 Å². The molecule has 1 N–H and O–H groups in total. The first-order chi connectivity index (χ1) is 7.27. The Kier molecular flexibility index (Phi) is 1.82. The molecule has 2 aliphatic heterocycles. The predicted molar refractivity (Wildman–Crippen MR) is 52.5 cm³/mol. The van der Waals surface area contributed by atoms with E-state index in [0.717, 1.165) is 19.5 Å². The summed E-state index contributed by atoms with van der Waals surface area (Å²) in [5.41, 5.74) is 0.600. The van der Waals surface area contributed by atoms with Crippen molar-refractivity contribution >= 4 is 5.91 Å². The summed E-state index contributed by atoms with van der Waals surface area (Å²) >= 11 is 0. The molecule has 2 unspecified atom stereocenters. The number of carbonyl (C=O) groups is 1. The smallest absolute Gasteiger partial charge is 0.259 e. The van der Waals surface area contributed by atoms with Gasteiger partial charge in [-0.05, 0) is 13.3 Å². The molecule has 1 aromatic rings. The Morgan fingerprint density at radius 2 is 2.60 bits per heavy atom. The summed E-state index contributed by atoms with van der Waals surface area (Å²) in [4.78, 5) is 14.0. The molecule has 0 spiro atoms. The quantitative estimate of drug-likeness (QED) is 0.713. The zero-order valence-corrected chi connectivity index (χ0v) is 8.56. The molecule has 3 heterocycles. The van der Waals surface area contributed by atoms with Gasteiger partial charge in [0.2, 0.25) is 0 Å². The number of nitrogens with zero attached hydrogens (tertiary/aromatic N) is 2. The Bertz CT molecular complexity index is 401. The molecule has 5 nitrogen and oxygen atoms in total. The van der Waals surface area contributed by atoms with E-state index in [1.807, 2.05) is 4.90 Å². The van der Waals surface area contributed by atoms with Crippen molar-refractivity contribution in [3.63, 3.8) is 0 Å². The number of hydrogen-bond donors (Lipinski definition) is 1. The average Bonchev–Trinajstić information content (AvgIpc) is 2.70. The number of hydrogen-bond acceptors (Lipinski definition) is 4. The van der Waals surface area contributed by atoms with Crippen LogP contribution in [-0.2, 0) is 0 Å². The minimum absolute atomic E-state index is 0.0581. The maximum atomic E-state index is 12.1. The summed E-state index contributed by atoms with van der Waals surface area (Å²) in [7, 11) is 0. The first kappa shape index (κ1) is 8.91. The minimum Gasteiger partial charge on any atom is -0.361 e. The van der Waals surface area contributed by atoms with Crippen molar-refractivity contribution in [2.45, 2.75) is 25.4 Å². The summed E-state index contributed by atoms with van der Waals surface area (Å²) in [6, 6.07) is 0.890. The van der Waals surface area contributed by atoms with Gasteiger partial charge in [0.1, 0.15) is 11.3 Å². The first-order valence-electron chi connectivity index (χ1n) is 5.23. The Balaban J connectivity index is 1.83. The van der Waals surface area contributed by atoms with Gasteiger partial charge in [0.25, 0.3) is 5.91 Å². The number of fused-ring (bicyclic) bond motifs is 1. The van der Waals surface area contributed by atoms with Crippen LogP contribution in [0.4, 0.5) is 0 Å². The summed E-state index contributed by atoms with van der Waals surface area (Å²) in [6.07, 6.45) is 2.57. The van der Waals surface area contributed by atoms with Crippen LogP contribution < -0.4 is 5.32 Å². The van der Waals surface area contributed by atoms with Crippen molar-refractivity contribution in [1.82, 2.24) is 15.4 Å². The van der Waals surface area contributed by atoms with Crippen LogP contribution in [0, 0.1) is 6.92 Å². The highest BCUT2D eigenvalue weighted by Gasteiger charge is 2.43. The van der Waals surface area contributed by atoms with Gasteiger partial charge in [-0.25, -0.2) is 0 Å². The number of carbonyl (C=O) groups excluding carboxylic acids is 1. The Morgan fingerprint density at radius 1 is 1.73 bits per heavy atom. The van der Waals surface area contributed by atoms with E-state index >= 15 is 0 Å². The van der Waals surface area contributed by atoms with Crippen molar-refractivity contribution < 1.29 is 9.32 Å². The number of aromatic nitrogens is 1. The number of nitrogens with one attached hydrogen (secondary N) is 1. The lowest BCUT2D eigenvalue weighted by Crippen LogP contribution is -2.60. The summed E-state index contributed by atoms with van der Waals surface area (Å²) in [5, 5.41) is 6.96. The van der Waals surface area contributed by atoms with Gasteiger partial charge in [-0.2, -0.15) is 0 Å². The molecule has 2 aliphatic rings. The molecule has 80 valence electrons. The lowest BCUT2D eigenvalue weighted by molar-refractivity contribution is 0.0677. The van der Waals surface area contributed by atoms with Crippen LogP contribution in [0.3, 0.4) is 0 Å². The Hall–Kier alpha value is -1.36. The highest BCUT2D eigenvalue weighted by atomic mass is 16.5. The van der Waals surface area contributed by atoms with E-state index in [1.54, 1.807) is 6.92 Å². The Morgan fingerprint density at radius 3 is 3.13 bits per heavy atom. The van der Waals surface area contributed by atoms with E-state index in [9.17, 15) is 4.79 Å². The molecule has 0 aromatic carbocycles. The molecule has 1 amide bonds. The van der Waals surface area contributed by atoms with Gasteiger partial charge in [0.15, 0.2) is 0 Å². The lowest BCUT2D eigenvalue weighted by atomic mass is 10.0. The third kappa shape index (κ3) is 1.19. The van der Waals surface area contributed by atoms with Gasteiger partial charge in [-0.3, -0.25) is 4.79 Å². The van der Waals surface area contributed by atoms with Crippen molar-refractivity contribution in [1.29, 1.82) is 0 Å². The zero-order valence-electron chi connectivity index (χ0n) is 8.56. The molecule has 1 aromatic heterocycles. The van der Waals surface area contributed by atoms with Gasteiger partial charge in [0.05, 0.1) is 12.2 Å². The molecule has 0 aliphatic carbocycles. The zero-order chi connectivity index (χ0) is 10.4. The van der Waals surface area contributed by atoms with E-state index in [1.165, 1.54) is 6.20 Å². The highest BCUT2D eigenvalue weighted by Crippen LogP contribution is 2.26. The molecule has 0 bridgehead atoms. The fourth-order valence-electron chi connectivity index (χ4n) is 2.37. The number of rotatable bonds is 1. The van der Waals surface area contributed by atoms with Gasteiger partial charge < -0.3 is 14.7 Å². The minimum atomic E-state index is 0.0581. The van der Waals surface area contributed by atoms with E-state index in [2.05, 4.69) is 10.5 Å². The molecule has 2 saturated heterocycles. The standard InChI is InChI=1S/C10H13N3O2/c1-6-7(4-12-15-6)10(14)13-3-2-8-9(13)5-11-8/h4,8-9,11H,2-3,5H2,1H3. The molecule has 5 heteroatoms. The first-order valence-corrected chi connectivity index (χ1v) is 5.23. The van der Waals surface area contributed by atoms with Gasteiger partial charge in [-0.1, -0.05) is 5.16 Å². The molecule has 15 heavy (non-hydrogen) atoms. The second kappa shape index (κ2) is 3.06. The normalized spacial score (nSPS) is 28.7. The molecule has 0 saturated carbocycles. The highest BCUT2D eigenvalue weighted by molar-refractivity contribution is 5.95. The monoisotopic (exact) mass is 207 g/mol. The van der Waals surface area contributed by atoms with Gasteiger partial charge in [0, 0.05) is 19.1 Å². The molecular weight excluding hydrogens is 194 g/mol. The summed E-state index contributed by atoms with van der Waals surface area (Å²) in [5.74, 6) is 0.665. The third-order valence-electron chi connectivity index (χ3n) is 3.38. The van der Waals surface area contributed by atoms with Crippen LogP contribution >= 0.6 is 0 Å². The maximum Gasteiger partial charge on any atom is 0.259 e. The fraction of sp³-hybridized carbons (Fsp3) is 0.600. The molecule has 3 rings (SSSR count). The van der Waals surface area contributed by atoms with Crippen LogP contribution in [0.2, 0.25) is 0 Å². The maximum absolute atomic E-state index is 12.1. The number of aryl methyl sites for hydroxylation is 1. The Labute approximate surface area is 87.4 Å². The van der Waals surface area contributed by atoms with Crippen LogP contribution in [0.25, 0.3) is 0 Å². The van der Waals surface area contributed by atoms with E-state index in [4.69, 9.17) is 4.52 Å². The van der Waals surface area contributed by atoms with Crippen LogP contribution in [0.5, 0.6) is 0 Å². The fourth-order valence-corrected chi connectivity index (χ4v) is 2.37. The van der Waals surface area contributed by atoms with Crippen molar-refractivity contribution in [2.24, 2.45) is 0 Å². The van der Waals surface area contributed by atoms with Gasteiger partial charge in [-0.15, -0.1) is 0 Å². The topological polar surface area (TPSA) is 58.4 Å². The van der Waals surface area contributed by atoms with Crippen molar-refractivity contribution in [3.05, 3.63) is 17.5 Å². The predicted octanol–water partition coefficient (Wildman–Crippen LogP) is 0.169. The van der Waals surface area contributed by atoms with Crippen LogP contribution in [-0.4, -0.2) is 41.1 Å². The third-order valence-corrected chi connectivity index (χ3v) is 3.38. The van der Waals surface area contributed by atoms with E-state index < -0.39 is 0 Å². The summed E-state index contributed by atoms with van der Waals surface area (Å²) < 4.78 is 4.91.